The quantitative estimate of drug-likeness (QED) is 0.560. The first-order valence-corrected chi connectivity index (χ1v) is 8.46. The molecule has 0 aliphatic carbocycles. The number of ether oxygens (including phenoxy) is 1. The number of hydrogen-bond donors (Lipinski definition) is 3. The van der Waals surface area contributed by atoms with Crippen LogP contribution in [0.3, 0.4) is 0 Å². The van der Waals surface area contributed by atoms with Crippen molar-refractivity contribution >= 4 is 40.5 Å². The fraction of sp³-hybridized carbons (Fsp3) is 0.222. The molecule has 0 aliphatic rings. The number of hydrogen-bond acceptors (Lipinski definition) is 3. The molecule has 3 N–H and O–H groups in total. The Morgan fingerprint density at radius 1 is 1.04 bits per heavy atom. The molecule has 0 spiro atoms. The lowest BCUT2D eigenvalue weighted by Crippen LogP contribution is -2.45. The van der Waals surface area contributed by atoms with E-state index in [0.717, 1.165) is 16.8 Å². The van der Waals surface area contributed by atoms with Crippen LogP contribution in [-0.4, -0.2) is 17.6 Å². The van der Waals surface area contributed by atoms with Gasteiger partial charge in [0.25, 0.3) is 5.91 Å². The van der Waals surface area contributed by atoms with Crippen molar-refractivity contribution in [2.45, 2.75) is 20.8 Å². The highest BCUT2D eigenvalue weighted by atomic mass is 35.5. The summed E-state index contributed by atoms with van der Waals surface area (Å²) < 4.78 is 5.45. The third-order valence-corrected chi connectivity index (χ3v) is 4.20. The van der Waals surface area contributed by atoms with E-state index in [9.17, 15) is 4.79 Å². The maximum atomic E-state index is 11.8. The Hall–Kier alpha value is -2.31. The van der Waals surface area contributed by atoms with E-state index in [-0.39, 0.29) is 17.6 Å². The Morgan fingerprint density at radius 3 is 2.44 bits per heavy atom. The molecule has 0 radical (unpaired) electrons. The molecule has 25 heavy (non-hydrogen) atoms. The zero-order valence-corrected chi connectivity index (χ0v) is 15.8. The van der Waals surface area contributed by atoms with Gasteiger partial charge in [-0.3, -0.25) is 15.6 Å². The van der Waals surface area contributed by atoms with E-state index >= 15 is 0 Å². The van der Waals surface area contributed by atoms with Gasteiger partial charge in [-0.25, -0.2) is 0 Å². The van der Waals surface area contributed by atoms with E-state index in [0.29, 0.717) is 10.8 Å². The van der Waals surface area contributed by atoms with Crippen molar-refractivity contribution in [1.82, 2.24) is 10.9 Å². The smallest absolute Gasteiger partial charge is 0.276 e. The standard InChI is InChI=1S/C18H20ClN3O2S/c1-11-5-7-15(8-13(11)3)24-10-17(23)21-22-18(25)20-14-6-4-12(2)16(19)9-14/h4-9H,10H2,1-3H3,(H,21,23)(H2,20,22,25). The van der Waals surface area contributed by atoms with Gasteiger partial charge in [0, 0.05) is 10.7 Å². The van der Waals surface area contributed by atoms with Crippen LogP contribution in [0.15, 0.2) is 36.4 Å². The molecule has 2 aromatic rings. The second-order valence-electron chi connectivity index (χ2n) is 5.63. The van der Waals surface area contributed by atoms with Crippen LogP contribution in [0.4, 0.5) is 5.69 Å². The van der Waals surface area contributed by atoms with Gasteiger partial charge in [-0.1, -0.05) is 23.7 Å². The number of thiocarbonyl (C=S) groups is 1. The maximum Gasteiger partial charge on any atom is 0.276 e. The molecule has 5 nitrogen and oxygen atoms in total. The Morgan fingerprint density at radius 2 is 1.76 bits per heavy atom. The number of nitrogens with one attached hydrogen (secondary N) is 3. The summed E-state index contributed by atoms with van der Waals surface area (Å²) in [5.41, 5.74) is 9.08. The Balaban J connectivity index is 1.76. The number of hydrazine groups is 1. The minimum atomic E-state index is -0.343. The van der Waals surface area contributed by atoms with Crippen LogP contribution in [0.2, 0.25) is 5.02 Å². The summed E-state index contributed by atoms with van der Waals surface area (Å²) in [5.74, 6) is 0.303. The van der Waals surface area contributed by atoms with Crippen LogP contribution in [0.25, 0.3) is 0 Å². The third kappa shape index (κ3) is 5.92. The lowest BCUT2D eigenvalue weighted by Gasteiger charge is -2.13. The Bertz CT molecular complexity index is 796. The highest BCUT2D eigenvalue weighted by molar-refractivity contribution is 7.80. The summed E-state index contributed by atoms with van der Waals surface area (Å²) in [4.78, 5) is 11.8. The van der Waals surface area contributed by atoms with Crippen LogP contribution >= 0.6 is 23.8 Å². The molecule has 2 aromatic carbocycles. The molecular weight excluding hydrogens is 358 g/mol. The monoisotopic (exact) mass is 377 g/mol. The minimum Gasteiger partial charge on any atom is -0.484 e. The van der Waals surface area contributed by atoms with Gasteiger partial charge in [0.2, 0.25) is 0 Å². The minimum absolute atomic E-state index is 0.117. The predicted octanol–water partition coefficient (Wildman–Crippen LogP) is 3.66. The molecule has 0 aromatic heterocycles. The predicted molar refractivity (Wildman–Crippen MR) is 105 cm³/mol. The van der Waals surface area contributed by atoms with Crippen LogP contribution in [0, 0.1) is 20.8 Å². The van der Waals surface area contributed by atoms with Gasteiger partial charge in [0.15, 0.2) is 11.7 Å². The van der Waals surface area contributed by atoms with Gasteiger partial charge in [-0.05, 0) is 73.9 Å². The second kappa shape index (κ2) is 8.69. The van der Waals surface area contributed by atoms with Gasteiger partial charge in [-0.15, -0.1) is 0 Å². The summed E-state index contributed by atoms with van der Waals surface area (Å²) in [6.07, 6.45) is 0. The van der Waals surface area contributed by atoms with Gasteiger partial charge < -0.3 is 10.1 Å². The van der Waals surface area contributed by atoms with Crippen molar-refractivity contribution in [3.63, 3.8) is 0 Å². The first kappa shape index (κ1) is 19.0. The largest absolute Gasteiger partial charge is 0.484 e. The number of anilines is 1. The SMILES string of the molecule is Cc1ccc(OCC(=O)NNC(=S)Nc2ccc(C)c(Cl)c2)cc1C. The maximum absolute atomic E-state index is 11.8. The fourth-order valence-corrected chi connectivity index (χ4v) is 2.30. The number of carbonyl (C=O) groups excluding carboxylic acids is 1. The van der Waals surface area contributed by atoms with Crippen molar-refractivity contribution in [2.24, 2.45) is 0 Å². The number of carbonyl (C=O) groups is 1. The summed E-state index contributed by atoms with van der Waals surface area (Å²) in [6.45, 7) is 5.81. The van der Waals surface area contributed by atoms with Crippen LogP contribution in [0.5, 0.6) is 5.75 Å². The molecule has 0 bridgehead atoms. The summed E-state index contributed by atoms with van der Waals surface area (Å²) in [5, 5.41) is 3.82. The highest BCUT2D eigenvalue weighted by Crippen LogP contribution is 2.19. The lowest BCUT2D eigenvalue weighted by molar-refractivity contribution is -0.123. The van der Waals surface area contributed by atoms with Crippen LogP contribution in [-0.2, 0) is 4.79 Å². The molecule has 0 aliphatic heterocycles. The van der Waals surface area contributed by atoms with E-state index in [1.807, 2.05) is 51.1 Å². The average Bonchev–Trinajstić information content (AvgIpc) is 2.57. The second-order valence-corrected chi connectivity index (χ2v) is 6.44. The Labute approximate surface area is 157 Å². The summed E-state index contributed by atoms with van der Waals surface area (Å²) >= 11 is 11.2. The number of aryl methyl sites for hydroxylation is 3. The number of benzene rings is 2. The van der Waals surface area contributed by atoms with Crippen molar-refractivity contribution in [3.05, 3.63) is 58.1 Å². The first-order chi connectivity index (χ1) is 11.8. The zero-order chi connectivity index (χ0) is 18.4. The van der Waals surface area contributed by atoms with Crippen molar-refractivity contribution in [2.75, 3.05) is 11.9 Å². The van der Waals surface area contributed by atoms with E-state index in [2.05, 4.69) is 16.2 Å². The number of rotatable bonds is 4. The number of halogens is 1. The lowest BCUT2D eigenvalue weighted by atomic mass is 10.1. The van der Waals surface area contributed by atoms with Crippen LogP contribution in [0.1, 0.15) is 16.7 Å². The molecule has 0 heterocycles. The van der Waals surface area contributed by atoms with Crippen molar-refractivity contribution in [3.8, 4) is 5.75 Å². The zero-order valence-electron chi connectivity index (χ0n) is 14.3. The van der Waals surface area contributed by atoms with E-state index in [1.54, 1.807) is 6.07 Å². The van der Waals surface area contributed by atoms with E-state index < -0.39 is 0 Å². The summed E-state index contributed by atoms with van der Waals surface area (Å²) in [6, 6.07) is 11.2. The van der Waals surface area contributed by atoms with Crippen molar-refractivity contribution in [1.29, 1.82) is 0 Å². The van der Waals surface area contributed by atoms with Crippen molar-refractivity contribution < 1.29 is 9.53 Å². The molecule has 7 heteroatoms. The van der Waals surface area contributed by atoms with E-state index in [1.165, 1.54) is 5.56 Å². The van der Waals surface area contributed by atoms with Crippen LogP contribution < -0.4 is 20.9 Å². The first-order valence-electron chi connectivity index (χ1n) is 7.67. The normalized spacial score (nSPS) is 10.1. The molecule has 0 saturated carbocycles. The third-order valence-electron chi connectivity index (χ3n) is 3.59. The fourth-order valence-electron chi connectivity index (χ4n) is 1.95. The topological polar surface area (TPSA) is 62.4 Å². The van der Waals surface area contributed by atoms with E-state index in [4.69, 9.17) is 28.6 Å². The molecule has 132 valence electrons. The molecule has 0 saturated heterocycles. The molecule has 1 amide bonds. The Kier molecular flexibility index (Phi) is 6.61. The molecular formula is C18H20ClN3O2S. The highest BCUT2D eigenvalue weighted by Gasteiger charge is 2.05. The molecule has 0 unspecified atom stereocenters. The number of amides is 1. The summed E-state index contributed by atoms with van der Waals surface area (Å²) in [7, 11) is 0. The molecule has 0 atom stereocenters. The van der Waals surface area contributed by atoms with Gasteiger partial charge in [0.1, 0.15) is 5.75 Å². The molecule has 0 fully saturated rings. The average molecular weight is 378 g/mol. The van der Waals surface area contributed by atoms with Gasteiger partial charge >= 0.3 is 0 Å². The van der Waals surface area contributed by atoms with Gasteiger partial charge in [0.05, 0.1) is 0 Å². The molecule has 2 rings (SSSR count). The van der Waals surface area contributed by atoms with Gasteiger partial charge in [-0.2, -0.15) is 0 Å².